The minimum atomic E-state index is -1.15. The number of methoxy groups -OCH3 is 1. The zero-order chi connectivity index (χ0) is 19.2. The normalized spacial score (nSPS) is 16.1. The molecule has 0 saturated heterocycles. The lowest BCUT2D eigenvalue weighted by molar-refractivity contribution is -0.305. The summed E-state index contributed by atoms with van der Waals surface area (Å²) in [4.78, 5) is 23.3. The first-order valence-electron chi connectivity index (χ1n) is 8.87. The smallest absolute Gasteiger partial charge is 0.243 e. The van der Waals surface area contributed by atoms with E-state index in [1.54, 1.807) is 7.11 Å². The number of ether oxygens (including phenoxy) is 1. The van der Waals surface area contributed by atoms with Crippen LogP contribution in [0.3, 0.4) is 0 Å². The second-order valence-electron chi connectivity index (χ2n) is 6.37. The van der Waals surface area contributed by atoms with E-state index in [0.29, 0.717) is 6.42 Å². The van der Waals surface area contributed by atoms with Crippen molar-refractivity contribution in [1.82, 2.24) is 5.01 Å². The average Bonchev–Trinajstić information content (AvgIpc) is 3.14. The predicted molar refractivity (Wildman–Crippen MR) is 99.0 cm³/mol. The van der Waals surface area contributed by atoms with Gasteiger partial charge in [0.15, 0.2) is 0 Å². The minimum absolute atomic E-state index is 0.117. The fraction of sp³-hybridized carbons (Fsp3) is 0.286. The first kappa shape index (κ1) is 18.6. The number of carboxylic acids is 1. The van der Waals surface area contributed by atoms with Crippen LogP contribution in [0.2, 0.25) is 0 Å². The molecular formula is C21H21N2O4-. The zero-order valence-corrected chi connectivity index (χ0v) is 15.1. The highest BCUT2D eigenvalue weighted by Crippen LogP contribution is 2.34. The molecular weight excluding hydrogens is 344 g/mol. The van der Waals surface area contributed by atoms with E-state index in [1.807, 2.05) is 54.6 Å². The molecule has 140 valence electrons. The number of hydrogen-bond acceptors (Lipinski definition) is 5. The highest BCUT2D eigenvalue weighted by molar-refractivity contribution is 6.03. The molecule has 2 aromatic carbocycles. The summed E-state index contributed by atoms with van der Waals surface area (Å²) < 4.78 is 5.20. The van der Waals surface area contributed by atoms with Gasteiger partial charge in [0.1, 0.15) is 5.75 Å². The SMILES string of the molecule is COc1ccc([C@@H]2CC(c3ccccc3)=NN2C(=O)CCCC(=O)[O-])cc1. The number of hydrogen-bond donors (Lipinski definition) is 0. The number of nitrogens with zero attached hydrogens (tertiary/aromatic N) is 2. The van der Waals surface area contributed by atoms with Crippen LogP contribution in [0.4, 0.5) is 0 Å². The van der Waals surface area contributed by atoms with Crippen molar-refractivity contribution in [2.45, 2.75) is 31.7 Å². The number of benzene rings is 2. The van der Waals surface area contributed by atoms with Gasteiger partial charge in [-0.2, -0.15) is 5.10 Å². The number of aliphatic carboxylic acids is 1. The lowest BCUT2D eigenvalue weighted by Gasteiger charge is -2.22. The van der Waals surface area contributed by atoms with Crippen molar-refractivity contribution in [2.24, 2.45) is 5.10 Å². The molecule has 2 aromatic rings. The topological polar surface area (TPSA) is 82.0 Å². The zero-order valence-electron chi connectivity index (χ0n) is 15.1. The summed E-state index contributed by atoms with van der Waals surface area (Å²) in [6, 6.07) is 17.1. The molecule has 0 N–H and O–H groups in total. The van der Waals surface area contributed by atoms with Crippen LogP contribution < -0.4 is 9.84 Å². The molecule has 1 aliphatic heterocycles. The third-order valence-corrected chi connectivity index (χ3v) is 4.55. The van der Waals surface area contributed by atoms with Crippen LogP contribution in [0.25, 0.3) is 0 Å². The van der Waals surface area contributed by atoms with Crippen molar-refractivity contribution >= 4 is 17.6 Å². The van der Waals surface area contributed by atoms with Crippen molar-refractivity contribution in [3.05, 3.63) is 65.7 Å². The van der Waals surface area contributed by atoms with E-state index < -0.39 is 5.97 Å². The largest absolute Gasteiger partial charge is 0.550 e. The van der Waals surface area contributed by atoms with Crippen molar-refractivity contribution in [2.75, 3.05) is 7.11 Å². The molecule has 1 atom stereocenters. The van der Waals surface area contributed by atoms with Gasteiger partial charge in [0.2, 0.25) is 5.91 Å². The van der Waals surface area contributed by atoms with Crippen LogP contribution >= 0.6 is 0 Å². The van der Waals surface area contributed by atoms with Crippen LogP contribution in [0.15, 0.2) is 59.7 Å². The average molecular weight is 365 g/mol. The number of carbonyl (C=O) groups excluding carboxylic acids is 2. The van der Waals surface area contributed by atoms with E-state index in [9.17, 15) is 14.7 Å². The molecule has 6 nitrogen and oxygen atoms in total. The summed E-state index contributed by atoms with van der Waals surface area (Å²) in [5.74, 6) is -0.597. The summed E-state index contributed by atoms with van der Waals surface area (Å²) >= 11 is 0. The van der Waals surface area contributed by atoms with Crippen molar-refractivity contribution in [3.63, 3.8) is 0 Å². The predicted octanol–water partition coefficient (Wildman–Crippen LogP) is 2.29. The van der Waals surface area contributed by atoms with E-state index in [1.165, 1.54) is 5.01 Å². The van der Waals surface area contributed by atoms with Crippen molar-refractivity contribution < 1.29 is 19.4 Å². The van der Waals surface area contributed by atoms with Gasteiger partial charge >= 0.3 is 0 Å². The highest BCUT2D eigenvalue weighted by Gasteiger charge is 2.32. The van der Waals surface area contributed by atoms with Crippen LogP contribution in [0.1, 0.15) is 42.9 Å². The number of carbonyl (C=O) groups is 2. The van der Waals surface area contributed by atoms with E-state index >= 15 is 0 Å². The maximum Gasteiger partial charge on any atom is 0.243 e. The number of carboxylic acid groups (broad SMARTS) is 1. The Labute approximate surface area is 158 Å². The second-order valence-corrected chi connectivity index (χ2v) is 6.37. The molecule has 0 bridgehead atoms. The molecule has 0 aromatic heterocycles. The molecule has 0 unspecified atom stereocenters. The Morgan fingerprint density at radius 3 is 2.44 bits per heavy atom. The third kappa shape index (κ3) is 4.53. The number of rotatable bonds is 7. The first-order valence-corrected chi connectivity index (χ1v) is 8.87. The van der Waals surface area contributed by atoms with Crippen LogP contribution in [0, 0.1) is 0 Å². The van der Waals surface area contributed by atoms with Gasteiger partial charge in [-0.05, 0) is 36.1 Å². The Morgan fingerprint density at radius 1 is 1.11 bits per heavy atom. The summed E-state index contributed by atoms with van der Waals surface area (Å²) in [6.07, 6.45) is 0.819. The Bertz CT molecular complexity index is 831. The number of hydrazone groups is 1. The quantitative estimate of drug-likeness (QED) is 0.754. The van der Waals surface area contributed by atoms with Gasteiger partial charge in [-0.25, -0.2) is 5.01 Å². The lowest BCUT2D eigenvalue weighted by Crippen LogP contribution is -2.28. The monoisotopic (exact) mass is 365 g/mol. The molecule has 1 heterocycles. The summed E-state index contributed by atoms with van der Waals surface area (Å²) in [5, 5.41) is 16.7. The first-order chi connectivity index (χ1) is 13.1. The Kier molecular flexibility index (Phi) is 5.86. The molecule has 0 aliphatic carbocycles. The number of amides is 1. The third-order valence-electron chi connectivity index (χ3n) is 4.55. The fourth-order valence-electron chi connectivity index (χ4n) is 3.13. The summed E-state index contributed by atoms with van der Waals surface area (Å²) in [5.41, 5.74) is 2.77. The van der Waals surface area contributed by atoms with Crippen LogP contribution in [-0.4, -0.2) is 29.7 Å². The molecule has 1 aliphatic rings. The fourth-order valence-corrected chi connectivity index (χ4v) is 3.13. The van der Waals surface area contributed by atoms with Gasteiger partial charge in [0.25, 0.3) is 0 Å². The minimum Gasteiger partial charge on any atom is -0.550 e. The molecule has 27 heavy (non-hydrogen) atoms. The van der Waals surface area contributed by atoms with Gasteiger partial charge in [-0.3, -0.25) is 4.79 Å². The summed E-state index contributed by atoms with van der Waals surface area (Å²) in [7, 11) is 1.61. The molecule has 3 rings (SSSR count). The van der Waals surface area contributed by atoms with E-state index in [0.717, 1.165) is 22.6 Å². The van der Waals surface area contributed by atoms with Crippen LogP contribution in [-0.2, 0) is 9.59 Å². The highest BCUT2D eigenvalue weighted by atomic mass is 16.5. The molecule has 0 fully saturated rings. The lowest BCUT2D eigenvalue weighted by atomic mass is 9.98. The second kappa shape index (κ2) is 8.49. The maximum absolute atomic E-state index is 12.7. The molecule has 0 radical (unpaired) electrons. The Hall–Kier alpha value is -3.15. The Morgan fingerprint density at radius 2 is 1.81 bits per heavy atom. The molecule has 1 amide bonds. The van der Waals surface area contributed by atoms with Gasteiger partial charge in [-0.1, -0.05) is 42.5 Å². The maximum atomic E-state index is 12.7. The summed E-state index contributed by atoms with van der Waals surface area (Å²) in [6.45, 7) is 0. The van der Waals surface area contributed by atoms with Gasteiger partial charge in [-0.15, -0.1) is 0 Å². The van der Waals surface area contributed by atoms with Gasteiger partial charge < -0.3 is 14.6 Å². The van der Waals surface area contributed by atoms with E-state index in [2.05, 4.69) is 5.10 Å². The van der Waals surface area contributed by atoms with Gasteiger partial charge in [0.05, 0.1) is 18.9 Å². The van der Waals surface area contributed by atoms with Crippen LogP contribution in [0.5, 0.6) is 5.75 Å². The molecule has 0 spiro atoms. The van der Waals surface area contributed by atoms with E-state index in [-0.39, 0.29) is 31.2 Å². The van der Waals surface area contributed by atoms with Crippen molar-refractivity contribution in [3.8, 4) is 5.75 Å². The van der Waals surface area contributed by atoms with E-state index in [4.69, 9.17) is 4.74 Å². The van der Waals surface area contributed by atoms with Gasteiger partial charge in [0, 0.05) is 18.8 Å². The molecule has 6 heteroatoms. The molecule has 0 saturated carbocycles. The Balaban J connectivity index is 1.83. The van der Waals surface area contributed by atoms with Crippen molar-refractivity contribution in [1.29, 1.82) is 0 Å². The standard InChI is InChI=1S/C21H22N2O4/c1-27-17-12-10-16(11-13-17)19-14-18(15-6-3-2-4-7-15)22-23(19)20(24)8-5-9-21(25)26/h2-4,6-7,10-13,19H,5,8-9,14H2,1H3,(H,25,26)/p-1/t19-/m0/s1.